The summed E-state index contributed by atoms with van der Waals surface area (Å²) in [4.78, 5) is 0. The van der Waals surface area contributed by atoms with Crippen molar-refractivity contribution in [2.45, 2.75) is 25.0 Å². The predicted molar refractivity (Wildman–Crippen MR) is 36.1 cm³/mol. The van der Waals surface area contributed by atoms with Crippen molar-refractivity contribution in [2.24, 2.45) is 5.73 Å². The summed E-state index contributed by atoms with van der Waals surface area (Å²) >= 11 is 0. The van der Waals surface area contributed by atoms with E-state index in [2.05, 4.69) is 5.32 Å². The van der Waals surface area contributed by atoms with Gasteiger partial charge < -0.3 is 16.2 Å². The van der Waals surface area contributed by atoms with Crippen LogP contribution in [0, 0.1) is 0 Å². The highest BCUT2D eigenvalue weighted by atomic mass is 16.3. The highest BCUT2D eigenvalue weighted by Crippen LogP contribution is 2.13. The molecule has 9 heavy (non-hydrogen) atoms. The molecule has 0 amide bonds. The number of hydrogen-bond donors (Lipinski definition) is 3. The largest absolute Gasteiger partial charge is 0.390 e. The van der Waals surface area contributed by atoms with E-state index in [1.165, 1.54) is 0 Å². The number of nitrogens with two attached hydrogens (primary N) is 1. The van der Waals surface area contributed by atoms with Gasteiger partial charge in [0.1, 0.15) is 0 Å². The van der Waals surface area contributed by atoms with Gasteiger partial charge in [0.25, 0.3) is 0 Å². The Hall–Kier alpha value is -0.120. The molecule has 54 valence electrons. The Morgan fingerprint density at radius 2 is 2.44 bits per heavy atom. The standard InChI is InChI=1S/C6H14N2O/c1-6(7)2-3-8-4-5(6)9/h5,8-9H,2-4,7H2,1H3/t5-,6-/m0/s1. The average molecular weight is 130 g/mol. The summed E-state index contributed by atoms with van der Waals surface area (Å²) in [6, 6.07) is 0. The van der Waals surface area contributed by atoms with Crippen LogP contribution in [-0.4, -0.2) is 29.8 Å². The molecule has 4 N–H and O–H groups in total. The van der Waals surface area contributed by atoms with E-state index in [1.807, 2.05) is 6.92 Å². The van der Waals surface area contributed by atoms with Crippen LogP contribution in [-0.2, 0) is 0 Å². The van der Waals surface area contributed by atoms with E-state index in [0.717, 1.165) is 13.0 Å². The third kappa shape index (κ3) is 1.41. The molecule has 1 fully saturated rings. The summed E-state index contributed by atoms with van der Waals surface area (Å²) in [5.74, 6) is 0. The van der Waals surface area contributed by atoms with Crippen molar-refractivity contribution in [2.75, 3.05) is 13.1 Å². The molecule has 0 aliphatic carbocycles. The van der Waals surface area contributed by atoms with Gasteiger partial charge in [0.2, 0.25) is 0 Å². The molecule has 1 rings (SSSR count). The maximum atomic E-state index is 9.25. The van der Waals surface area contributed by atoms with Crippen LogP contribution in [0.25, 0.3) is 0 Å². The zero-order chi connectivity index (χ0) is 6.91. The van der Waals surface area contributed by atoms with Gasteiger partial charge in [-0.3, -0.25) is 0 Å². The first kappa shape index (κ1) is 6.99. The summed E-state index contributed by atoms with van der Waals surface area (Å²) in [7, 11) is 0. The van der Waals surface area contributed by atoms with E-state index >= 15 is 0 Å². The van der Waals surface area contributed by atoms with Crippen molar-refractivity contribution in [1.82, 2.24) is 5.32 Å². The van der Waals surface area contributed by atoms with E-state index in [1.54, 1.807) is 0 Å². The smallest absolute Gasteiger partial charge is 0.0841 e. The zero-order valence-electron chi connectivity index (χ0n) is 5.72. The van der Waals surface area contributed by atoms with Gasteiger partial charge in [-0.05, 0) is 19.9 Å². The second-order valence-corrected chi connectivity index (χ2v) is 2.98. The molecule has 0 unspecified atom stereocenters. The Morgan fingerprint density at radius 1 is 1.78 bits per heavy atom. The molecule has 1 saturated heterocycles. The SMILES string of the molecule is C[C@]1(N)CCNC[C@@H]1O. The van der Waals surface area contributed by atoms with Crippen LogP contribution < -0.4 is 11.1 Å². The summed E-state index contributed by atoms with van der Waals surface area (Å²) in [6.45, 7) is 3.44. The quantitative estimate of drug-likeness (QED) is 0.396. The van der Waals surface area contributed by atoms with Crippen molar-refractivity contribution in [3.05, 3.63) is 0 Å². The second-order valence-electron chi connectivity index (χ2n) is 2.98. The van der Waals surface area contributed by atoms with Crippen LogP contribution in [0.1, 0.15) is 13.3 Å². The Labute approximate surface area is 55.2 Å². The molecule has 0 bridgehead atoms. The number of rotatable bonds is 0. The summed E-state index contributed by atoms with van der Waals surface area (Å²) in [5.41, 5.74) is 5.36. The van der Waals surface area contributed by atoms with E-state index in [4.69, 9.17) is 5.73 Å². The van der Waals surface area contributed by atoms with Gasteiger partial charge in [0.15, 0.2) is 0 Å². The molecular weight excluding hydrogens is 116 g/mol. The minimum atomic E-state index is -0.383. The molecule has 0 aromatic carbocycles. The minimum absolute atomic E-state index is 0.370. The van der Waals surface area contributed by atoms with Crippen LogP contribution in [0.5, 0.6) is 0 Å². The van der Waals surface area contributed by atoms with E-state index in [-0.39, 0.29) is 11.6 Å². The third-order valence-electron chi connectivity index (χ3n) is 1.94. The average Bonchev–Trinajstić information content (AvgIpc) is 1.77. The highest BCUT2D eigenvalue weighted by Gasteiger charge is 2.30. The van der Waals surface area contributed by atoms with Crippen molar-refractivity contribution in [1.29, 1.82) is 0 Å². The molecule has 2 atom stereocenters. The number of aliphatic hydroxyl groups excluding tert-OH is 1. The van der Waals surface area contributed by atoms with Crippen molar-refractivity contribution in [3.8, 4) is 0 Å². The maximum Gasteiger partial charge on any atom is 0.0841 e. The molecule has 0 radical (unpaired) electrons. The topological polar surface area (TPSA) is 58.3 Å². The molecular formula is C6H14N2O. The van der Waals surface area contributed by atoms with Crippen LogP contribution in [0.2, 0.25) is 0 Å². The monoisotopic (exact) mass is 130 g/mol. The zero-order valence-corrected chi connectivity index (χ0v) is 5.72. The van der Waals surface area contributed by atoms with Crippen molar-refractivity contribution < 1.29 is 5.11 Å². The van der Waals surface area contributed by atoms with Crippen LogP contribution in [0.4, 0.5) is 0 Å². The highest BCUT2D eigenvalue weighted by molar-refractivity contribution is 4.92. The fourth-order valence-corrected chi connectivity index (χ4v) is 0.996. The lowest BCUT2D eigenvalue weighted by Crippen LogP contribution is -2.57. The Bertz CT molecular complexity index is 103. The lowest BCUT2D eigenvalue weighted by Gasteiger charge is -2.35. The lowest BCUT2D eigenvalue weighted by atomic mass is 9.89. The van der Waals surface area contributed by atoms with E-state index < -0.39 is 0 Å². The van der Waals surface area contributed by atoms with Crippen LogP contribution >= 0.6 is 0 Å². The first-order valence-corrected chi connectivity index (χ1v) is 3.30. The first-order chi connectivity index (χ1) is 4.13. The molecule has 0 aromatic rings. The predicted octanol–water partition coefficient (Wildman–Crippen LogP) is -0.942. The molecule has 0 spiro atoms. The Morgan fingerprint density at radius 3 is 2.78 bits per heavy atom. The van der Waals surface area contributed by atoms with Gasteiger partial charge in [-0.2, -0.15) is 0 Å². The summed E-state index contributed by atoms with van der Waals surface area (Å²) in [5, 5.41) is 12.3. The van der Waals surface area contributed by atoms with Gasteiger partial charge in [0, 0.05) is 12.1 Å². The van der Waals surface area contributed by atoms with E-state index in [9.17, 15) is 5.11 Å². The molecule has 3 nitrogen and oxygen atoms in total. The molecule has 1 aliphatic heterocycles. The lowest BCUT2D eigenvalue weighted by molar-refractivity contribution is 0.0689. The number of piperidine rings is 1. The normalized spacial score (nSPS) is 45.0. The van der Waals surface area contributed by atoms with Gasteiger partial charge in [-0.1, -0.05) is 0 Å². The number of hydrogen-bond acceptors (Lipinski definition) is 3. The minimum Gasteiger partial charge on any atom is -0.390 e. The summed E-state index contributed by atoms with van der Waals surface area (Å²) < 4.78 is 0. The Kier molecular flexibility index (Phi) is 1.75. The molecule has 0 aromatic heterocycles. The first-order valence-electron chi connectivity index (χ1n) is 3.30. The second kappa shape index (κ2) is 2.25. The van der Waals surface area contributed by atoms with E-state index in [0.29, 0.717) is 6.54 Å². The Balaban J connectivity index is 2.49. The summed E-state index contributed by atoms with van der Waals surface area (Å²) in [6.07, 6.45) is 0.472. The van der Waals surface area contributed by atoms with Gasteiger partial charge in [-0.15, -0.1) is 0 Å². The molecule has 1 aliphatic rings. The van der Waals surface area contributed by atoms with Gasteiger partial charge >= 0.3 is 0 Å². The number of nitrogens with one attached hydrogen (secondary N) is 1. The van der Waals surface area contributed by atoms with Crippen molar-refractivity contribution in [3.63, 3.8) is 0 Å². The van der Waals surface area contributed by atoms with Crippen LogP contribution in [0.3, 0.4) is 0 Å². The third-order valence-corrected chi connectivity index (χ3v) is 1.94. The van der Waals surface area contributed by atoms with Gasteiger partial charge in [-0.25, -0.2) is 0 Å². The molecule has 3 heteroatoms. The number of β-amino-alcohol motifs (C(OH)–C–C–N with tert-alkyl or cyclic N) is 1. The fourth-order valence-electron chi connectivity index (χ4n) is 0.996. The maximum absolute atomic E-state index is 9.25. The van der Waals surface area contributed by atoms with Crippen molar-refractivity contribution >= 4 is 0 Å². The number of aliphatic hydroxyl groups is 1. The molecule has 0 saturated carbocycles. The van der Waals surface area contributed by atoms with Gasteiger partial charge in [0.05, 0.1) is 6.10 Å². The van der Waals surface area contributed by atoms with Crippen LogP contribution in [0.15, 0.2) is 0 Å². The molecule has 1 heterocycles. The fraction of sp³-hybridized carbons (Fsp3) is 1.00.